The van der Waals surface area contributed by atoms with Gasteiger partial charge in [-0.05, 0) is 19.8 Å². The van der Waals surface area contributed by atoms with E-state index in [1.807, 2.05) is 0 Å². The molecule has 1 aliphatic heterocycles. The van der Waals surface area contributed by atoms with Crippen LogP contribution in [0.4, 0.5) is 0 Å². The molecule has 0 aromatic carbocycles. The predicted octanol–water partition coefficient (Wildman–Crippen LogP) is 7.09. The lowest BCUT2D eigenvalue weighted by atomic mass is 10.1. The van der Waals surface area contributed by atoms with Crippen LogP contribution in [0.1, 0.15) is 148 Å². The summed E-state index contributed by atoms with van der Waals surface area (Å²) >= 11 is 0. The Hall–Kier alpha value is -1.37. The highest BCUT2D eigenvalue weighted by atomic mass is 31.2. The smallest absolute Gasteiger partial charge is 0.390 e. The first-order valence-corrected chi connectivity index (χ1v) is 20.1. The van der Waals surface area contributed by atoms with Crippen LogP contribution >= 0.6 is 7.82 Å². The van der Waals surface area contributed by atoms with E-state index in [-0.39, 0.29) is 19.6 Å². The monoisotopic (exact) mass is 704 g/mol. The van der Waals surface area contributed by atoms with Crippen LogP contribution in [0.15, 0.2) is 15.8 Å². The van der Waals surface area contributed by atoms with Crippen molar-refractivity contribution in [2.45, 2.75) is 167 Å². The van der Waals surface area contributed by atoms with Gasteiger partial charge in [0.15, 0.2) is 0 Å². The van der Waals surface area contributed by atoms with Gasteiger partial charge in [-0.25, -0.2) is 9.36 Å². The van der Waals surface area contributed by atoms with Crippen LogP contribution in [0, 0.1) is 6.92 Å². The van der Waals surface area contributed by atoms with Gasteiger partial charge in [-0.3, -0.25) is 23.4 Å². The van der Waals surface area contributed by atoms with E-state index in [0.29, 0.717) is 18.8 Å². The number of H-pyrrole nitrogens is 1. The molecule has 1 aromatic rings. The Kier molecular flexibility index (Phi) is 22.8. The second kappa shape index (κ2) is 25.6. The number of nitrogens with one attached hydrogen (secondary N) is 1. The van der Waals surface area contributed by atoms with Crippen molar-refractivity contribution in [2.24, 2.45) is 0 Å². The molecule has 5 atom stereocenters. The minimum atomic E-state index is -4.52. The third-order valence-electron chi connectivity index (χ3n) is 8.78. The molecule has 12 nitrogen and oxygen atoms in total. The molecule has 3 N–H and O–H groups in total. The number of hydrogen-bond acceptors (Lipinski definition) is 9. The molecule has 0 aliphatic carbocycles. The van der Waals surface area contributed by atoms with E-state index in [1.54, 1.807) is 6.92 Å². The average molecular weight is 705 g/mol. The minimum Gasteiger partial charge on any atom is -0.390 e. The normalized spacial score (nSPS) is 19.9. The molecule has 2 unspecified atom stereocenters. The Morgan fingerprint density at radius 2 is 1.40 bits per heavy atom. The minimum absolute atomic E-state index is 0.0427. The number of hydrogen-bond donors (Lipinski definition) is 3. The van der Waals surface area contributed by atoms with Crippen molar-refractivity contribution >= 4 is 7.82 Å². The Morgan fingerprint density at radius 1 is 0.854 bits per heavy atom. The molecular weight excluding hydrogens is 639 g/mol. The zero-order valence-corrected chi connectivity index (χ0v) is 30.8. The summed E-state index contributed by atoms with van der Waals surface area (Å²) in [5, 5.41) is 10.5. The second-order valence-corrected chi connectivity index (χ2v) is 14.6. The number of aliphatic hydroxyl groups is 1. The van der Waals surface area contributed by atoms with Crippen LogP contribution in [0.3, 0.4) is 0 Å². The Bertz CT molecular complexity index is 1130. The Labute approximate surface area is 287 Å². The molecular formula is C35H65N2O10P. The van der Waals surface area contributed by atoms with Crippen molar-refractivity contribution in [1.82, 2.24) is 9.55 Å². The van der Waals surface area contributed by atoms with Gasteiger partial charge in [0.2, 0.25) is 0 Å². The van der Waals surface area contributed by atoms with Gasteiger partial charge >= 0.3 is 13.5 Å². The highest BCUT2D eigenvalue weighted by Crippen LogP contribution is 2.44. The standard InChI is InChI=1S/C35H65N2O10P/c1-4-6-8-10-12-14-15-16-18-20-22-43-26-30(44-23-21-19-17-13-11-9-7-5-2)27-45-48(41,42)46-28-32-31(38)24-33(47-32)37-25-29(3)34(39)36-35(37)40/h25,30-33,38H,4-24,26-28H2,1-3H3,(H,41,42)(H,36,39,40)/t30?,31-,32+,33+/m0/s1. The lowest BCUT2D eigenvalue weighted by Gasteiger charge is -2.21. The van der Waals surface area contributed by atoms with Crippen molar-refractivity contribution in [3.63, 3.8) is 0 Å². The SMILES string of the molecule is CCCCCCCCCCCCOCC(COP(=O)(O)OC[C@H]1O[C@@H](n2cc(C)c(=O)[nH]c2=O)C[C@@H]1O)OCCCCCCCCCC. The molecule has 1 aromatic heterocycles. The van der Waals surface area contributed by atoms with Crippen molar-refractivity contribution in [1.29, 1.82) is 0 Å². The van der Waals surface area contributed by atoms with Crippen molar-refractivity contribution < 1.29 is 37.8 Å². The largest absolute Gasteiger partial charge is 0.472 e. The molecule has 0 saturated carbocycles. The number of phosphoric ester groups is 1. The number of rotatable bonds is 30. The van der Waals surface area contributed by atoms with Crippen LogP contribution in [0.25, 0.3) is 0 Å². The van der Waals surface area contributed by atoms with Crippen LogP contribution in [-0.2, 0) is 27.8 Å². The highest BCUT2D eigenvalue weighted by molar-refractivity contribution is 7.47. The number of unbranched alkanes of at least 4 members (excludes halogenated alkanes) is 16. The quantitative estimate of drug-likeness (QED) is 0.0558. The molecule has 0 spiro atoms. The summed E-state index contributed by atoms with van der Waals surface area (Å²) in [7, 11) is -4.52. The topological polar surface area (TPSA) is 159 Å². The van der Waals surface area contributed by atoms with Gasteiger partial charge in [0.25, 0.3) is 5.56 Å². The lowest BCUT2D eigenvalue weighted by Crippen LogP contribution is -2.33. The fraction of sp³-hybridized carbons (Fsp3) is 0.886. The number of aliphatic hydroxyl groups excluding tert-OH is 1. The van der Waals surface area contributed by atoms with Crippen LogP contribution in [-0.4, -0.2) is 70.9 Å². The van der Waals surface area contributed by atoms with Gasteiger partial charge in [-0.15, -0.1) is 0 Å². The number of phosphoric acid groups is 1. The molecule has 48 heavy (non-hydrogen) atoms. The molecule has 0 bridgehead atoms. The molecule has 1 saturated heterocycles. The summed E-state index contributed by atoms with van der Waals surface area (Å²) in [6, 6.07) is 0. The number of aromatic amines is 1. The van der Waals surface area contributed by atoms with Crippen molar-refractivity contribution in [3.05, 3.63) is 32.6 Å². The Morgan fingerprint density at radius 3 is 1.98 bits per heavy atom. The van der Waals surface area contributed by atoms with Gasteiger partial charge in [0.05, 0.1) is 25.9 Å². The highest BCUT2D eigenvalue weighted by Gasteiger charge is 2.38. The van der Waals surface area contributed by atoms with Gasteiger partial charge in [0.1, 0.15) is 18.4 Å². The maximum atomic E-state index is 12.8. The summed E-state index contributed by atoms with van der Waals surface area (Å²) in [4.78, 5) is 36.5. The van der Waals surface area contributed by atoms with Gasteiger partial charge < -0.3 is 24.2 Å². The fourth-order valence-corrected chi connectivity index (χ4v) is 6.52. The molecule has 2 heterocycles. The maximum Gasteiger partial charge on any atom is 0.472 e. The number of aryl methyl sites for hydroxylation is 1. The van der Waals surface area contributed by atoms with Crippen LogP contribution in [0.2, 0.25) is 0 Å². The maximum absolute atomic E-state index is 12.8. The predicted molar refractivity (Wildman–Crippen MR) is 187 cm³/mol. The van der Waals surface area contributed by atoms with E-state index >= 15 is 0 Å². The fourth-order valence-electron chi connectivity index (χ4n) is 5.75. The average Bonchev–Trinajstić information content (AvgIpc) is 3.43. The number of aromatic nitrogens is 2. The van der Waals surface area contributed by atoms with Gasteiger partial charge in [0, 0.05) is 31.4 Å². The molecule has 2 rings (SSSR count). The second-order valence-electron chi connectivity index (χ2n) is 13.2. The first-order valence-electron chi connectivity index (χ1n) is 18.6. The summed E-state index contributed by atoms with van der Waals surface area (Å²) < 4.78 is 42.0. The Balaban J connectivity index is 1.74. The summed E-state index contributed by atoms with van der Waals surface area (Å²) in [5.74, 6) is 0. The summed E-state index contributed by atoms with van der Waals surface area (Å²) in [6.07, 6.45) is 19.8. The number of ether oxygens (including phenoxy) is 3. The zero-order chi connectivity index (χ0) is 35.0. The van der Waals surface area contributed by atoms with E-state index in [4.69, 9.17) is 23.3 Å². The first kappa shape index (κ1) is 42.8. The van der Waals surface area contributed by atoms with Gasteiger partial charge in [-0.2, -0.15) is 0 Å². The van der Waals surface area contributed by atoms with Crippen molar-refractivity contribution in [2.75, 3.05) is 33.0 Å². The van der Waals surface area contributed by atoms with Crippen LogP contribution < -0.4 is 11.2 Å². The van der Waals surface area contributed by atoms with E-state index in [2.05, 4.69) is 18.8 Å². The first-order chi connectivity index (χ1) is 23.2. The van der Waals surface area contributed by atoms with E-state index in [0.717, 1.165) is 32.1 Å². The number of nitrogens with zero attached hydrogens (tertiary/aromatic N) is 1. The lowest BCUT2D eigenvalue weighted by molar-refractivity contribution is -0.0572. The molecule has 0 radical (unpaired) electrons. The third-order valence-corrected chi connectivity index (χ3v) is 9.73. The van der Waals surface area contributed by atoms with Crippen LogP contribution in [0.5, 0.6) is 0 Å². The molecule has 1 fully saturated rings. The third kappa shape index (κ3) is 18.6. The van der Waals surface area contributed by atoms with E-state index < -0.39 is 50.2 Å². The van der Waals surface area contributed by atoms with E-state index in [9.17, 15) is 24.2 Å². The summed E-state index contributed by atoms with van der Waals surface area (Å²) in [5.41, 5.74) is -0.862. The summed E-state index contributed by atoms with van der Waals surface area (Å²) in [6.45, 7) is 6.73. The molecule has 1 aliphatic rings. The van der Waals surface area contributed by atoms with Gasteiger partial charge in [-0.1, -0.05) is 117 Å². The van der Waals surface area contributed by atoms with Crippen molar-refractivity contribution in [3.8, 4) is 0 Å². The molecule has 0 amide bonds. The zero-order valence-electron chi connectivity index (χ0n) is 29.9. The molecule has 13 heteroatoms. The van der Waals surface area contributed by atoms with E-state index in [1.165, 1.54) is 94.2 Å². The molecule has 280 valence electrons.